The fourth-order valence-electron chi connectivity index (χ4n) is 13.2. The number of ether oxygens (including phenoxy) is 6. The summed E-state index contributed by atoms with van der Waals surface area (Å²) in [5.41, 5.74) is 0. The van der Waals surface area contributed by atoms with Crippen LogP contribution in [0.1, 0.15) is 296 Å². The Morgan fingerprint density at radius 3 is 1.07 bits per heavy atom. The Morgan fingerprint density at radius 1 is 0.374 bits per heavy atom. The molecular formula is C80H143NO18. The van der Waals surface area contributed by atoms with Gasteiger partial charge < -0.3 is 89.9 Å². The van der Waals surface area contributed by atoms with Crippen molar-refractivity contribution in [1.82, 2.24) is 5.32 Å². The van der Waals surface area contributed by atoms with Crippen molar-refractivity contribution in [3.63, 3.8) is 0 Å². The van der Waals surface area contributed by atoms with Gasteiger partial charge in [-0.1, -0.05) is 299 Å². The first-order valence-corrected chi connectivity index (χ1v) is 39.7. The summed E-state index contributed by atoms with van der Waals surface area (Å²) < 4.78 is 34.5. The molecular weight excluding hydrogens is 1260 g/mol. The molecule has 0 radical (unpaired) electrons. The van der Waals surface area contributed by atoms with E-state index in [1.54, 1.807) is 0 Å². The molecule has 1 amide bonds. The van der Waals surface area contributed by atoms with Gasteiger partial charge in [0, 0.05) is 6.42 Å². The highest BCUT2D eigenvalue weighted by molar-refractivity contribution is 5.76. The molecule has 19 nitrogen and oxygen atoms in total. The van der Waals surface area contributed by atoms with Gasteiger partial charge in [-0.05, 0) is 64.2 Å². The number of hydrogen-bond acceptors (Lipinski definition) is 18. The summed E-state index contributed by atoms with van der Waals surface area (Å²) >= 11 is 0. The van der Waals surface area contributed by atoms with E-state index in [1.807, 2.05) is 0 Å². The molecule has 0 aromatic carbocycles. The third kappa shape index (κ3) is 40.9. The minimum Gasteiger partial charge on any atom is -0.394 e. The Hall–Kier alpha value is -2.77. The number of rotatable bonds is 62. The van der Waals surface area contributed by atoms with Crippen LogP contribution in [0.5, 0.6) is 0 Å². The van der Waals surface area contributed by atoms with Crippen molar-refractivity contribution in [1.29, 1.82) is 0 Å². The van der Waals surface area contributed by atoms with Crippen LogP contribution in [0.4, 0.5) is 0 Å². The van der Waals surface area contributed by atoms with E-state index in [0.29, 0.717) is 19.3 Å². The molecule has 99 heavy (non-hydrogen) atoms. The third-order valence-corrected chi connectivity index (χ3v) is 19.5. The van der Waals surface area contributed by atoms with Gasteiger partial charge in [-0.15, -0.1) is 0 Å². The molecule has 0 aromatic rings. The van der Waals surface area contributed by atoms with Gasteiger partial charge in [-0.25, -0.2) is 0 Å². The number of hydrogen-bond donors (Lipinski definition) is 12. The van der Waals surface area contributed by atoms with Crippen molar-refractivity contribution >= 4 is 5.91 Å². The summed E-state index contributed by atoms with van der Waals surface area (Å²) in [5, 5.41) is 121. The predicted octanol–water partition coefficient (Wildman–Crippen LogP) is 12.8. The van der Waals surface area contributed by atoms with Crippen molar-refractivity contribution in [2.75, 3.05) is 26.4 Å². The van der Waals surface area contributed by atoms with Crippen LogP contribution < -0.4 is 5.32 Å². The number of unbranched alkanes of at least 4 members (excludes halogenated alkanes) is 34. The normalized spacial score (nSPS) is 27.0. The molecule has 17 atom stereocenters. The topological polar surface area (TPSA) is 307 Å². The molecule has 3 aliphatic rings. The molecule has 0 saturated carbocycles. The molecule has 17 unspecified atom stereocenters. The number of aliphatic hydroxyl groups is 11. The van der Waals surface area contributed by atoms with E-state index in [2.05, 4.69) is 92.1 Å². The molecule has 3 rings (SSSR count). The van der Waals surface area contributed by atoms with E-state index in [-0.39, 0.29) is 18.9 Å². The van der Waals surface area contributed by atoms with Crippen LogP contribution >= 0.6 is 0 Å². The summed E-state index contributed by atoms with van der Waals surface area (Å²) in [5.74, 6) is -0.284. The van der Waals surface area contributed by atoms with Gasteiger partial charge in [0.2, 0.25) is 5.91 Å². The zero-order valence-corrected chi connectivity index (χ0v) is 61.5. The van der Waals surface area contributed by atoms with Crippen LogP contribution in [-0.4, -0.2) is 193 Å². The van der Waals surface area contributed by atoms with Crippen LogP contribution in [0.2, 0.25) is 0 Å². The van der Waals surface area contributed by atoms with E-state index >= 15 is 0 Å². The van der Waals surface area contributed by atoms with Crippen molar-refractivity contribution < 1.29 is 89.4 Å². The molecule has 3 fully saturated rings. The lowest BCUT2D eigenvalue weighted by Crippen LogP contribution is -2.66. The number of aliphatic hydroxyl groups excluding tert-OH is 11. The number of nitrogens with one attached hydrogen (secondary N) is 1. The van der Waals surface area contributed by atoms with Crippen molar-refractivity contribution in [3.05, 3.63) is 72.9 Å². The maximum absolute atomic E-state index is 13.5. The first kappa shape index (κ1) is 90.4. The van der Waals surface area contributed by atoms with E-state index in [4.69, 9.17) is 28.4 Å². The lowest BCUT2D eigenvalue weighted by molar-refractivity contribution is -0.379. The maximum Gasteiger partial charge on any atom is 0.220 e. The van der Waals surface area contributed by atoms with Gasteiger partial charge in [0.25, 0.3) is 0 Å². The van der Waals surface area contributed by atoms with Gasteiger partial charge in [0.1, 0.15) is 73.2 Å². The monoisotopic (exact) mass is 1410 g/mol. The standard InChI is InChI=1S/C80H143NO18/c1-3-5-7-9-11-13-15-17-19-21-23-25-26-27-28-29-30-31-32-33-34-35-36-38-39-41-43-45-47-49-51-53-55-57-64(85)63(81-68(86)58-56-54-52-50-48-46-44-42-40-37-24-22-20-18-16-14-12-10-8-6-4-2)62-94-78-74(92)71(89)76(66(60-83)96-78)99-80-75(93)72(90)77(67(61-84)97-80)98-79-73(91)70(88)69(87)65(59-82)95-79/h6,8,12,14,18,20,24,37,42,44,48,50,63-67,69-80,82-85,87-93H,3-5,7,9-11,13,15-17,19,21-23,25-36,38-41,43,45-47,49,51-62H2,1-2H3,(H,81,86)/b8-6-,14-12-,20-18-,37-24-,44-42-,50-48-. The zero-order chi connectivity index (χ0) is 71.8. The summed E-state index contributed by atoms with van der Waals surface area (Å²) in [6, 6.07) is -0.917. The smallest absolute Gasteiger partial charge is 0.220 e. The molecule has 0 spiro atoms. The van der Waals surface area contributed by atoms with Crippen LogP contribution in [0, 0.1) is 0 Å². The number of amides is 1. The first-order valence-electron chi connectivity index (χ1n) is 39.7. The van der Waals surface area contributed by atoms with Crippen LogP contribution in [0.25, 0.3) is 0 Å². The summed E-state index contributed by atoms with van der Waals surface area (Å²) in [7, 11) is 0. The molecule has 19 heteroatoms. The van der Waals surface area contributed by atoms with E-state index in [9.17, 15) is 61.0 Å². The average molecular weight is 1410 g/mol. The van der Waals surface area contributed by atoms with E-state index in [0.717, 1.165) is 70.6 Å². The number of carbonyl (C=O) groups is 1. The molecule has 12 N–H and O–H groups in total. The highest BCUT2D eigenvalue weighted by atomic mass is 16.8. The quantitative estimate of drug-likeness (QED) is 0.0199. The summed E-state index contributed by atoms with van der Waals surface area (Å²) in [6.07, 6.45) is 51.5. The number of allylic oxidation sites excluding steroid dienone is 12. The average Bonchev–Trinajstić information content (AvgIpc) is 0.784. The lowest BCUT2D eigenvalue weighted by atomic mass is 9.96. The van der Waals surface area contributed by atoms with Crippen LogP contribution in [-0.2, 0) is 33.2 Å². The minimum atomic E-state index is -1.98. The van der Waals surface area contributed by atoms with Crippen molar-refractivity contribution in [3.8, 4) is 0 Å². The van der Waals surface area contributed by atoms with Gasteiger partial charge in [-0.2, -0.15) is 0 Å². The molecule has 576 valence electrons. The Labute approximate surface area is 598 Å². The molecule has 3 heterocycles. The van der Waals surface area contributed by atoms with Crippen molar-refractivity contribution in [2.45, 2.75) is 401 Å². The SMILES string of the molecule is CC/C=C\C/C=C\C/C=C\C/C=C\C/C=C\C/C=C\CCCCC(=O)NC(COC1OC(CO)C(OC2OC(CO)C(OC3OC(CO)C(O)C(O)C3O)C(O)C2O)C(O)C1O)C(O)CCCCCCCCCCCCCCCCCCCCCCCCCCCCCCCCCCC. The lowest BCUT2D eigenvalue weighted by Gasteiger charge is -2.48. The van der Waals surface area contributed by atoms with Gasteiger partial charge >= 0.3 is 0 Å². The Kier molecular flexibility index (Phi) is 55.3. The molecule has 3 aliphatic heterocycles. The Bertz CT molecular complexity index is 2070. The van der Waals surface area contributed by atoms with Crippen LogP contribution in [0.3, 0.4) is 0 Å². The van der Waals surface area contributed by atoms with Gasteiger partial charge in [-0.3, -0.25) is 4.79 Å². The second-order valence-corrected chi connectivity index (χ2v) is 28.2. The second kappa shape index (κ2) is 60.5. The van der Waals surface area contributed by atoms with E-state index < -0.39 is 124 Å². The number of carbonyl (C=O) groups excluding carboxylic acids is 1. The highest BCUT2D eigenvalue weighted by Crippen LogP contribution is 2.33. The predicted molar refractivity (Wildman–Crippen MR) is 392 cm³/mol. The van der Waals surface area contributed by atoms with Crippen molar-refractivity contribution in [2.24, 2.45) is 0 Å². The largest absolute Gasteiger partial charge is 0.394 e. The molecule has 0 aliphatic carbocycles. The fourth-order valence-corrected chi connectivity index (χ4v) is 13.2. The first-order chi connectivity index (χ1) is 48.3. The van der Waals surface area contributed by atoms with E-state index in [1.165, 1.54) is 186 Å². The second-order valence-electron chi connectivity index (χ2n) is 28.2. The van der Waals surface area contributed by atoms with Gasteiger partial charge in [0.15, 0.2) is 18.9 Å². The minimum absolute atomic E-state index is 0.208. The fraction of sp³-hybridized carbons (Fsp3) is 0.838. The maximum atomic E-state index is 13.5. The molecule has 3 saturated heterocycles. The Balaban J connectivity index is 1.37. The summed E-state index contributed by atoms with van der Waals surface area (Å²) in [6.45, 7) is 1.68. The van der Waals surface area contributed by atoms with Crippen LogP contribution in [0.15, 0.2) is 72.9 Å². The molecule has 0 bridgehead atoms. The highest BCUT2D eigenvalue weighted by Gasteiger charge is 2.54. The van der Waals surface area contributed by atoms with Gasteiger partial charge in [0.05, 0.1) is 38.6 Å². The molecule has 0 aromatic heterocycles. The Morgan fingerprint density at radius 2 is 0.697 bits per heavy atom. The zero-order valence-electron chi connectivity index (χ0n) is 61.5. The third-order valence-electron chi connectivity index (χ3n) is 19.5. The summed E-state index contributed by atoms with van der Waals surface area (Å²) in [4.78, 5) is 13.5.